The first-order valence-electron chi connectivity index (χ1n) is 7.38. The lowest BCUT2D eigenvalue weighted by molar-refractivity contribution is -0.143. The van der Waals surface area contributed by atoms with Crippen LogP contribution in [0.5, 0.6) is 0 Å². The Morgan fingerprint density at radius 1 is 1.04 bits per heavy atom. The van der Waals surface area contributed by atoms with Crippen LogP contribution in [0, 0.1) is 0 Å². The molecule has 1 aromatic rings. The van der Waals surface area contributed by atoms with Gasteiger partial charge in [0, 0.05) is 18.0 Å². The predicted molar refractivity (Wildman–Crippen MR) is 87.8 cm³/mol. The summed E-state index contributed by atoms with van der Waals surface area (Å²) >= 11 is 1.58. The van der Waals surface area contributed by atoms with Crippen molar-refractivity contribution in [2.45, 2.75) is 18.8 Å². The smallest absolute Gasteiger partial charge is 0.338 e. The maximum Gasteiger partial charge on any atom is 0.416 e. The van der Waals surface area contributed by atoms with Crippen LogP contribution in [-0.4, -0.2) is 18.3 Å². The lowest BCUT2D eigenvalue weighted by Gasteiger charge is -2.15. The predicted octanol–water partition coefficient (Wildman–Crippen LogP) is 5.42. The Balaban J connectivity index is 2.03. The fraction of sp³-hybridized carbons (Fsp3) is 0.312. The van der Waals surface area contributed by atoms with Crippen molar-refractivity contribution >= 4 is 23.5 Å². The molecule has 2 N–H and O–H groups in total. The molecule has 1 aromatic carbocycles. The molecular formula is C16H14F6N2OS. The number of carbonyl (C=O) groups is 1. The van der Waals surface area contributed by atoms with E-state index in [0.29, 0.717) is 18.6 Å². The van der Waals surface area contributed by atoms with Crippen LogP contribution in [0.2, 0.25) is 0 Å². The minimum Gasteiger partial charge on any atom is -0.338 e. The number of amides is 2. The number of allylic oxidation sites excluding steroid dienone is 2. The highest BCUT2D eigenvalue weighted by atomic mass is 32.2. The van der Waals surface area contributed by atoms with E-state index in [1.807, 2.05) is 23.5 Å². The lowest BCUT2D eigenvalue weighted by atomic mass is 10.1. The molecule has 0 unspecified atom stereocenters. The molecular weight excluding hydrogens is 382 g/mol. The molecule has 0 saturated heterocycles. The van der Waals surface area contributed by atoms with Crippen LogP contribution in [0.1, 0.15) is 17.5 Å². The second kappa shape index (κ2) is 8.07. The fourth-order valence-electron chi connectivity index (χ4n) is 2.09. The number of hydrogen-bond donors (Lipinski definition) is 2. The molecule has 0 saturated carbocycles. The molecule has 2 amide bonds. The van der Waals surface area contributed by atoms with Gasteiger partial charge in [-0.1, -0.05) is 18.2 Å². The first kappa shape index (κ1) is 20.2. The maximum absolute atomic E-state index is 12.8. The minimum absolute atomic E-state index is 0.00335. The summed E-state index contributed by atoms with van der Waals surface area (Å²) in [4.78, 5) is 12.8. The topological polar surface area (TPSA) is 41.1 Å². The van der Waals surface area contributed by atoms with Crippen molar-refractivity contribution in [1.29, 1.82) is 0 Å². The van der Waals surface area contributed by atoms with Gasteiger partial charge in [0.25, 0.3) is 0 Å². The summed E-state index contributed by atoms with van der Waals surface area (Å²) in [5.41, 5.74) is -3.56. The fourth-order valence-corrected chi connectivity index (χ4v) is 2.93. The molecule has 0 fully saturated rings. The van der Waals surface area contributed by atoms with Crippen molar-refractivity contribution in [1.82, 2.24) is 5.32 Å². The van der Waals surface area contributed by atoms with Crippen molar-refractivity contribution in [2.24, 2.45) is 0 Å². The van der Waals surface area contributed by atoms with E-state index in [4.69, 9.17) is 0 Å². The van der Waals surface area contributed by atoms with E-state index in [1.165, 1.54) is 0 Å². The first-order valence-corrected chi connectivity index (χ1v) is 8.37. The number of anilines is 1. The molecule has 0 atom stereocenters. The normalized spacial score (nSPS) is 14.8. The zero-order chi connectivity index (χ0) is 19.4. The van der Waals surface area contributed by atoms with Gasteiger partial charge in [-0.3, -0.25) is 0 Å². The number of halogens is 6. The summed E-state index contributed by atoms with van der Waals surface area (Å²) in [7, 11) is 0. The Bertz CT molecular complexity index is 692. The average molecular weight is 396 g/mol. The minimum atomic E-state index is -4.97. The number of rotatable bonds is 4. The zero-order valence-corrected chi connectivity index (χ0v) is 14.0. The van der Waals surface area contributed by atoms with Crippen molar-refractivity contribution in [3.05, 3.63) is 52.5 Å². The highest BCUT2D eigenvalue weighted by molar-refractivity contribution is 8.03. The van der Waals surface area contributed by atoms with Gasteiger partial charge in [-0.15, -0.1) is 11.8 Å². The molecule has 0 spiro atoms. The van der Waals surface area contributed by atoms with E-state index < -0.39 is 35.2 Å². The molecule has 0 bridgehead atoms. The molecule has 3 nitrogen and oxygen atoms in total. The SMILES string of the molecule is O=C(NCCC1=CC=CCS1)Nc1cc(C(F)(F)F)cc(C(F)(F)F)c1. The quantitative estimate of drug-likeness (QED) is 0.667. The first-order chi connectivity index (χ1) is 12.1. The maximum atomic E-state index is 12.8. The van der Waals surface area contributed by atoms with E-state index in [0.717, 1.165) is 10.7 Å². The van der Waals surface area contributed by atoms with Crippen molar-refractivity contribution in [3.8, 4) is 0 Å². The highest BCUT2D eigenvalue weighted by Gasteiger charge is 2.37. The molecule has 2 rings (SSSR count). The number of benzene rings is 1. The Morgan fingerprint density at radius 3 is 2.15 bits per heavy atom. The van der Waals surface area contributed by atoms with Gasteiger partial charge in [0.05, 0.1) is 11.1 Å². The molecule has 1 aliphatic heterocycles. The molecule has 0 aliphatic carbocycles. The van der Waals surface area contributed by atoms with Crippen LogP contribution >= 0.6 is 11.8 Å². The van der Waals surface area contributed by atoms with Gasteiger partial charge in [0.15, 0.2) is 0 Å². The molecule has 0 radical (unpaired) electrons. The summed E-state index contributed by atoms with van der Waals surface area (Å²) in [5, 5.41) is 4.42. The summed E-state index contributed by atoms with van der Waals surface area (Å²) in [5.74, 6) is 0.808. The third-order valence-electron chi connectivity index (χ3n) is 3.29. The Morgan fingerprint density at radius 2 is 1.65 bits per heavy atom. The van der Waals surface area contributed by atoms with Crippen LogP contribution < -0.4 is 10.6 Å². The van der Waals surface area contributed by atoms with Crippen molar-refractivity contribution in [2.75, 3.05) is 17.6 Å². The molecule has 142 valence electrons. The second-order valence-corrected chi connectivity index (χ2v) is 6.44. The average Bonchev–Trinajstić information content (AvgIpc) is 2.54. The molecule has 1 heterocycles. The van der Waals surface area contributed by atoms with Gasteiger partial charge < -0.3 is 10.6 Å². The standard InChI is InChI=1S/C16H14F6N2OS/c17-15(18,19)10-7-11(16(20,21)22)9-12(8-10)24-14(25)23-5-4-13-3-1-2-6-26-13/h1-3,7-9H,4-6H2,(H2,23,24,25). The molecule has 0 aromatic heterocycles. The van der Waals surface area contributed by atoms with Crippen LogP contribution in [0.25, 0.3) is 0 Å². The Labute approximate surface area is 149 Å². The van der Waals surface area contributed by atoms with Crippen LogP contribution in [0.15, 0.2) is 41.3 Å². The van der Waals surface area contributed by atoms with E-state index in [2.05, 4.69) is 5.32 Å². The van der Waals surface area contributed by atoms with Gasteiger partial charge in [-0.05, 0) is 29.5 Å². The monoisotopic (exact) mass is 396 g/mol. The third kappa shape index (κ3) is 6.01. The lowest BCUT2D eigenvalue weighted by Crippen LogP contribution is -2.30. The van der Waals surface area contributed by atoms with E-state index >= 15 is 0 Å². The summed E-state index contributed by atoms with van der Waals surface area (Å²) in [6, 6.07) is 0.0381. The molecule has 1 aliphatic rings. The largest absolute Gasteiger partial charge is 0.416 e. The van der Waals surface area contributed by atoms with Gasteiger partial charge >= 0.3 is 18.4 Å². The zero-order valence-electron chi connectivity index (χ0n) is 13.2. The third-order valence-corrected chi connectivity index (χ3v) is 4.36. The van der Waals surface area contributed by atoms with Crippen LogP contribution in [0.4, 0.5) is 36.8 Å². The number of hydrogen-bond acceptors (Lipinski definition) is 2. The number of thioether (sulfide) groups is 1. The van der Waals surface area contributed by atoms with Gasteiger partial charge in [0.2, 0.25) is 0 Å². The van der Waals surface area contributed by atoms with Crippen LogP contribution in [0.3, 0.4) is 0 Å². The number of nitrogens with one attached hydrogen (secondary N) is 2. The molecule has 26 heavy (non-hydrogen) atoms. The van der Waals surface area contributed by atoms with Gasteiger partial charge in [-0.25, -0.2) is 4.79 Å². The van der Waals surface area contributed by atoms with Crippen molar-refractivity contribution in [3.63, 3.8) is 0 Å². The van der Waals surface area contributed by atoms with Crippen molar-refractivity contribution < 1.29 is 31.1 Å². The number of alkyl halides is 6. The number of carbonyl (C=O) groups excluding carboxylic acids is 1. The highest BCUT2D eigenvalue weighted by Crippen LogP contribution is 2.37. The van der Waals surface area contributed by atoms with E-state index in [1.54, 1.807) is 11.8 Å². The van der Waals surface area contributed by atoms with Gasteiger partial charge in [-0.2, -0.15) is 26.3 Å². The second-order valence-electron chi connectivity index (χ2n) is 5.30. The Kier molecular flexibility index (Phi) is 6.27. The molecule has 10 heteroatoms. The summed E-state index contributed by atoms with van der Waals surface area (Å²) in [6.07, 6.45) is -3.72. The summed E-state index contributed by atoms with van der Waals surface area (Å²) in [6.45, 7) is 0.198. The van der Waals surface area contributed by atoms with Crippen LogP contribution in [-0.2, 0) is 12.4 Å². The number of urea groups is 1. The van der Waals surface area contributed by atoms with E-state index in [-0.39, 0.29) is 12.6 Å². The van der Waals surface area contributed by atoms with Gasteiger partial charge in [0.1, 0.15) is 0 Å². The summed E-state index contributed by atoms with van der Waals surface area (Å²) < 4.78 is 76.6. The van der Waals surface area contributed by atoms with E-state index in [9.17, 15) is 31.1 Å². The Hall–Kier alpha value is -2.10.